The lowest BCUT2D eigenvalue weighted by molar-refractivity contribution is -0.0938. The largest absolute Gasteiger partial charge is 0.382 e. The summed E-state index contributed by atoms with van der Waals surface area (Å²) >= 11 is 2.17. The van der Waals surface area contributed by atoms with Crippen molar-refractivity contribution in [1.82, 2.24) is 19.4 Å². The van der Waals surface area contributed by atoms with Crippen LogP contribution in [0, 0.1) is 3.70 Å². The van der Waals surface area contributed by atoms with Gasteiger partial charge in [-0.15, -0.1) is 5.06 Å². The molecule has 0 bridgehead atoms. The van der Waals surface area contributed by atoms with Crippen molar-refractivity contribution in [2.75, 3.05) is 18.8 Å². The van der Waals surface area contributed by atoms with Crippen LogP contribution in [0.2, 0.25) is 0 Å². The molecule has 1 fully saturated rings. The number of hydrogen-bond donors (Lipinski definition) is 1. The third-order valence-electron chi connectivity index (χ3n) is 4.31. The van der Waals surface area contributed by atoms with Crippen molar-refractivity contribution < 1.29 is 9.63 Å². The number of carbonyl (C=O) groups is 1. The van der Waals surface area contributed by atoms with E-state index in [9.17, 15) is 4.79 Å². The topological polar surface area (TPSA) is 85.7 Å². The molecule has 0 spiro atoms. The maximum atomic E-state index is 12.2. The summed E-state index contributed by atoms with van der Waals surface area (Å²) in [4.78, 5) is 26.5. The molecule has 128 valence electrons. The Labute approximate surface area is 157 Å². The van der Waals surface area contributed by atoms with Gasteiger partial charge in [0.05, 0.1) is 5.56 Å². The molecule has 25 heavy (non-hydrogen) atoms. The number of aromatic nitrogens is 3. The average Bonchev–Trinajstić information content (AvgIpc) is 3.21. The summed E-state index contributed by atoms with van der Waals surface area (Å²) in [5.74, 6) is 1.22. The van der Waals surface area contributed by atoms with Crippen molar-refractivity contribution in [3.05, 3.63) is 57.8 Å². The van der Waals surface area contributed by atoms with Crippen LogP contribution in [0.3, 0.4) is 0 Å². The molecule has 3 heterocycles. The second-order valence-corrected chi connectivity index (χ2v) is 6.93. The van der Waals surface area contributed by atoms with Crippen LogP contribution in [0.15, 0.2) is 42.7 Å². The van der Waals surface area contributed by atoms with Gasteiger partial charge < -0.3 is 10.6 Å². The van der Waals surface area contributed by atoms with E-state index in [1.165, 1.54) is 0 Å². The molecule has 1 aliphatic heterocycles. The minimum absolute atomic E-state index is 0.168. The van der Waals surface area contributed by atoms with E-state index in [1.54, 1.807) is 23.4 Å². The number of nitrogens with zero attached hydrogens (tertiary/aromatic N) is 4. The van der Waals surface area contributed by atoms with E-state index in [0.717, 1.165) is 21.5 Å². The maximum absolute atomic E-state index is 12.2. The Kier molecular flexibility index (Phi) is 4.30. The number of hydroxylamine groups is 2. The van der Waals surface area contributed by atoms with Gasteiger partial charge >= 0.3 is 5.97 Å². The molecule has 1 saturated heterocycles. The molecule has 0 aliphatic carbocycles. The number of nitrogen functional groups attached to an aromatic ring is 1. The molecule has 7 nitrogen and oxygen atoms in total. The highest BCUT2D eigenvalue weighted by atomic mass is 127. The molecular formula is C17H16IN5O2. The highest BCUT2D eigenvalue weighted by molar-refractivity contribution is 14.1. The average molecular weight is 449 g/mol. The van der Waals surface area contributed by atoms with Gasteiger partial charge in [-0.05, 0) is 41.1 Å². The lowest BCUT2D eigenvalue weighted by atomic mass is 10.1. The van der Waals surface area contributed by atoms with E-state index in [-0.39, 0.29) is 11.9 Å². The number of benzene rings is 1. The lowest BCUT2D eigenvalue weighted by Gasteiger charge is -2.15. The number of hydrogen-bond acceptors (Lipinski definition) is 6. The van der Waals surface area contributed by atoms with Gasteiger partial charge in [0.15, 0.2) is 5.82 Å². The fourth-order valence-corrected chi connectivity index (χ4v) is 3.88. The molecule has 0 unspecified atom stereocenters. The summed E-state index contributed by atoms with van der Waals surface area (Å²) in [6.07, 6.45) is 4.40. The van der Waals surface area contributed by atoms with E-state index in [1.807, 2.05) is 28.8 Å². The fraction of sp³-hybridized carbons (Fsp3) is 0.235. The first-order chi connectivity index (χ1) is 12.1. The lowest BCUT2D eigenvalue weighted by Crippen LogP contribution is -2.25. The Hall–Kier alpha value is -2.20. The monoisotopic (exact) mass is 449 g/mol. The molecule has 4 rings (SSSR count). The van der Waals surface area contributed by atoms with Gasteiger partial charge in [0.1, 0.15) is 15.0 Å². The van der Waals surface area contributed by atoms with Crippen LogP contribution in [0.4, 0.5) is 5.82 Å². The summed E-state index contributed by atoms with van der Waals surface area (Å²) in [7, 11) is 0. The normalized spacial score (nSPS) is 17.9. The second kappa shape index (κ2) is 6.60. The Morgan fingerprint density at radius 3 is 2.92 bits per heavy atom. The third kappa shape index (κ3) is 3.07. The van der Waals surface area contributed by atoms with Gasteiger partial charge in [-0.25, -0.2) is 14.8 Å². The van der Waals surface area contributed by atoms with E-state index in [2.05, 4.69) is 32.6 Å². The van der Waals surface area contributed by atoms with Crippen molar-refractivity contribution in [2.24, 2.45) is 0 Å². The van der Waals surface area contributed by atoms with Gasteiger partial charge in [-0.1, -0.05) is 18.2 Å². The van der Waals surface area contributed by atoms with Crippen LogP contribution in [-0.2, 0) is 4.84 Å². The number of nitrogens with two attached hydrogens (primary N) is 1. The Morgan fingerprint density at radius 1 is 1.32 bits per heavy atom. The van der Waals surface area contributed by atoms with Crippen LogP contribution < -0.4 is 5.73 Å². The van der Waals surface area contributed by atoms with Crippen LogP contribution in [0.25, 0.3) is 5.52 Å². The van der Waals surface area contributed by atoms with Crippen LogP contribution in [0.5, 0.6) is 0 Å². The minimum atomic E-state index is -0.336. The van der Waals surface area contributed by atoms with Gasteiger partial charge in [0, 0.05) is 31.4 Å². The number of halogens is 1. The summed E-state index contributed by atoms with van der Waals surface area (Å²) < 4.78 is 2.81. The summed E-state index contributed by atoms with van der Waals surface area (Å²) in [5, 5.41) is 1.71. The second-order valence-electron chi connectivity index (χ2n) is 5.91. The van der Waals surface area contributed by atoms with Crippen molar-refractivity contribution in [1.29, 1.82) is 0 Å². The van der Waals surface area contributed by atoms with Gasteiger partial charge in [-0.2, -0.15) is 0 Å². The molecule has 8 heteroatoms. The summed E-state index contributed by atoms with van der Waals surface area (Å²) in [6, 6.07) is 9.00. The van der Waals surface area contributed by atoms with Gasteiger partial charge in [0.25, 0.3) is 0 Å². The molecule has 2 N–H and O–H groups in total. The third-order valence-corrected chi connectivity index (χ3v) is 5.06. The van der Waals surface area contributed by atoms with E-state index >= 15 is 0 Å². The van der Waals surface area contributed by atoms with Crippen LogP contribution in [-0.4, -0.2) is 38.5 Å². The number of imidazole rings is 1. The van der Waals surface area contributed by atoms with Crippen molar-refractivity contribution in [2.45, 2.75) is 12.3 Å². The Bertz CT molecular complexity index is 927. The summed E-state index contributed by atoms with van der Waals surface area (Å²) in [5.41, 5.74) is 7.35. The first-order valence-corrected chi connectivity index (χ1v) is 9.01. The zero-order valence-electron chi connectivity index (χ0n) is 13.3. The van der Waals surface area contributed by atoms with E-state index in [0.29, 0.717) is 24.5 Å². The zero-order chi connectivity index (χ0) is 17.4. The number of rotatable bonds is 3. The Morgan fingerprint density at radius 2 is 2.12 bits per heavy atom. The van der Waals surface area contributed by atoms with Crippen LogP contribution in [0.1, 0.15) is 28.5 Å². The quantitative estimate of drug-likeness (QED) is 0.619. The molecule has 3 aromatic rings. The predicted octanol–water partition coefficient (Wildman–Crippen LogP) is 2.48. The fourth-order valence-electron chi connectivity index (χ4n) is 3.10. The van der Waals surface area contributed by atoms with Crippen molar-refractivity contribution in [3.63, 3.8) is 0 Å². The number of fused-ring (bicyclic) bond motifs is 1. The first kappa shape index (κ1) is 16.3. The van der Waals surface area contributed by atoms with Gasteiger partial charge in [-0.3, -0.25) is 4.40 Å². The van der Waals surface area contributed by atoms with E-state index < -0.39 is 0 Å². The molecule has 0 amide bonds. The molecule has 1 aliphatic rings. The standard InChI is InChI=1S/C17H16IN5O2/c18-14-13-15(19)20-7-9-23(13)16(21-14)12-6-8-22(10-12)25-17(24)11-4-2-1-3-5-11/h1-5,7,9,12H,6,8,10H2,(H2,19,20)/t12-/m0/s1. The van der Waals surface area contributed by atoms with Gasteiger partial charge in [0.2, 0.25) is 0 Å². The zero-order valence-corrected chi connectivity index (χ0v) is 15.5. The number of carbonyl (C=O) groups excluding carboxylic acids is 1. The smallest absolute Gasteiger partial charge is 0.357 e. The highest BCUT2D eigenvalue weighted by Crippen LogP contribution is 2.30. The minimum Gasteiger partial charge on any atom is -0.382 e. The van der Waals surface area contributed by atoms with Crippen molar-refractivity contribution >= 4 is 39.9 Å². The molecule has 2 aromatic heterocycles. The maximum Gasteiger partial charge on any atom is 0.357 e. The first-order valence-electron chi connectivity index (χ1n) is 7.93. The molecule has 0 saturated carbocycles. The number of anilines is 1. The van der Waals surface area contributed by atoms with E-state index in [4.69, 9.17) is 10.6 Å². The molecule has 1 aromatic carbocycles. The SMILES string of the molecule is Nc1nccn2c([C@H]3CCN(OC(=O)c4ccccc4)C3)nc(I)c12. The predicted molar refractivity (Wildman–Crippen MR) is 101 cm³/mol. The molecule has 1 atom stereocenters. The Balaban J connectivity index is 1.52. The summed E-state index contributed by atoms with van der Waals surface area (Å²) in [6.45, 7) is 1.28. The van der Waals surface area contributed by atoms with Crippen LogP contribution >= 0.6 is 22.6 Å². The molecule has 0 radical (unpaired) electrons. The highest BCUT2D eigenvalue weighted by Gasteiger charge is 2.30. The van der Waals surface area contributed by atoms with Crippen molar-refractivity contribution in [3.8, 4) is 0 Å². The molecular weight excluding hydrogens is 433 g/mol.